The highest BCUT2D eigenvalue weighted by molar-refractivity contribution is 7.91. The molecule has 21 heavy (non-hydrogen) atoms. The molecule has 0 fully saturated rings. The molecule has 1 aromatic heterocycles. The van der Waals surface area contributed by atoms with Gasteiger partial charge in [-0.05, 0) is 66.0 Å². The summed E-state index contributed by atoms with van der Waals surface area (Å²) in [6.07, 6.45) is 1.67. The van der Waals surface area contributed by atoms with Crippen LogP contribution in [0.1, 0.15) is 25.1 Å². The molecule has 0 amide bonds. The van der Waals surface area contributed by atoms with E-state index in [1.165, 1.54) is 11.3 Å². The Labute approximate surface area is 132 Å². The minimum atomic E-state index is -3.35. The van der Waals surface area contributed by atoms with Crippen molar-refractivity contribution in [3.63, 3.8) is 0 Å². The SMILES string of the molecule is CNCCc1ccc(S(=O)(=O)NCCCN(C)C(C)C)s1. The summed E-state index contributed by atoms with van der Waals surface area (Å²) in [5.41, 5.74) is 0. The van der Waals surface area contributed by atoms with E-state index in [-0.39, 0.29) is 0 Å². The smallest absolute Gasteiger partial charge is 0.250 e. The van der Waals surface area contributed by atoms with Crippen LogP contribution in [0.15, 0.2) is 16.3 Å². The molecule has 5 nitrogen and oxygen atoms in total. The van der Waals surface area contributed by atoms with Gasteiger partial charge in [0, 0.05) is 17.5 Å². The van der Waals surface area contributed by atoms with Crippen LogP contribution in [-0.4, -0.2) is 53.1 Å². The maximum atomic E-state index is 12.2. The highest BCUT2D eigenvalue weighted by Gasteiger charge is 2.16. The molecule has 0 radical (unpaired) electrons. The molecule has 0 aliphatic rings. The Morgan fingerprint density at radius 1 is 1.29 bits per heavy atom. The third-order valence-electron chi connectivity index (χ3n) is 3.38. The van der Waals surface area contributed by atoms with Gasteiger partial charge in [-0.25, -0.2) is 13.1 Å². The lowest BCUT2D eigenvalue weighted by Gasteiger charge is -2.20. The fraction of sp³-hybridized carbons (Fsp3) is 0.714. The van der Waals surface area contributed by atoms with Gasteiger partial charge in [-0.15, -0.1) is 11.3 Å². The second kappa shape index (κ2) is 8.85. The molecule has 122 valence electrons. The number of nitrogens with one attached hydrogen (secondary N) is 2. The van der Waals surface area contributed by atoms with Gasteiger partial charge in [0.05, 0.1) is 0 Å². The molecule has 0 aliphatic carbocycles. The summed E-state index contributed by atoms with van der Waals surface area (Å²) in [6, 6.07) is 4.06. The molecule has 0 atom stereocenters. The molecular formula is C14H27N3O2S2. The van der Waals surface area contributed by atoms with Crippen molar-refractivity contribution >= 4 is 21.4 Å². The van der Waals surface area contributed by atoms with Crippen LogP contribution in [0.25, 0.3) is 0 Å². The number of likely N-dealkylation sites (N-methyl/N-ethyl adjacent to an activating group) is 1. The van der Waals surface area contributed by atoms with Gasteiger partial charge in [-0.2, -0.15) is 0 Å². The maximum absolute atomic E-state index is 12.2. The molecular weight excluding hydrogens is 306 g/mol. The summed E-state index contributed by atoms with van der Waals surface area (Å²) in [5, 5.41) is 3.06. The van der Waals surface area contributed by atoms with Gasteiger partial charge in [0.2, 0.25) is 10.0 Å². The van der Waals surface area contributed by atoms with Gasteiger partial charge in [0.1, 0.15) is 4.21 Å². The average molecular weight is 334 g/mol. The van der Waals surface area contributed by atoms with E-state index in [1.54, 1.807) is 6.07 Å². The van der Waals surface area contributed by atoms with Crippen LogP contribution in [0.5, 0.6) is 0 Å². The Morgan fingerprint density at radius 3 is 2.62 bits per heavy atom. The third kappa shape index (κ3) is 6.44. The normalized spacial score (nSPS) is 12.5. The predicted octanol–water partition coefficient (Wildman–Crippen LogP) is 1.52. The van der Waals surface area contributed by atoms with Crippen molar-refractivity contribution < 1.29 is 8.42 Å². The summed E-state index contributed by atoms with van der Waals surface area (Å²) in [6.45, 7) is 6.47. The van der Waals surface area contributed by atoms with Gasteiger partial charge in [0.25, 0.3) is 0 Å². The van der Waals surface area contributed by atoms with Crippen LogP contribution in [0.3, 0.4) is 0 Å². The molecule has 0 saturated heterocycles. The molecule has 7 heteroatoms. The molecule has 1 aromatic rings. The Morgan fingerprint density at radius 2 is 2.00 bits per heavy atom. The van der Waals surface area contributed by atoms with Gasteiger partial charge in [-0.3, -0.25) is 0 Å². The van der Waals surface area contributed by atoms with E-state index in [4.69, 9.17) is 0 Å². The van der Waals surface area contributed by atoms with E-state index in [1.807, 2.05) is 20.2 Å². The monoisotopic (exact) mass is 333 g/mol. The van der Waals surface area contributed by atoms with Crippen molar-refractivity contribution in [2.45, 2.75) is 36.9 Å². The molecule has 0 unspecified atom stereocenters. The van der Waals surface area contributed by atoms with Gasteiger partial charge in [0.15, 0.2) is 0 Å². The fourth-order valence-corrected chi connectivity index (χ4v) is 4.22. The third-order valence-corrected chi connectivity index (χ3v) is 6.48. The van der Waals surface area contributed by atoms with Crippen molar-refractivity contribution in [1.29, 1.82) is 0 Å². The number of rotatable bonds is 10. The maximum Gasteiger partial charge on any atom is 0.250 e. The quantitative estimate of drug-likeness (QED) is 0.637. The van der Waals surface area contributed by atoms with E-state index in [0.717, 1.165) is 30.8 Å². The van der Waals surface area contributed by atoms with Gasteiger partial charge >= 0.3 is 0 Å². The van der Waals surface area contributed by atoms with Crippen molar-refractivity contribution in [3.05, 3.63) is 17.0 Å². The summed E-state index contributed by atoms with van der Waals surface area (Å²) >= 11 is 1.35. The number of hydrogen-bond acceptors (Lipinski definition) is 5. The first-order chi connectivity index (χ1) is 9.86. The summed E-state index contributed by atoms with van der Waals surface area (Å²) in [4.78, 5) is 3.29. The Bertz CT molecular complexity index is 512. The molecule has 1 heterocycles. The van der Waals surface area contributed by atoms with E-state index in [0.29, 0.717) is 16.8 Å². The minimum absolute atomic E-state index is 0.408. The predicted molar refractivity (Wildman–Crippen MR) is 89.5 cm³/mol. The van der Waals surface area contributed by atoms with Crippen molar-refractivity contribution in [2.24, 2.45) is 0 Å². The number of sulfonamides is 1. The largest absolute Gasteiger partial charge is 0.319 e. The van der Waals surface area contributed by atoms with Crippen LogP contribution in [0.2, 0.25) is 0 Å². The topological polar surface area (TPSA) is 61.4 Å². The fourth-order valence-electron chi connectivity index (χ4n) is 1.75. The first kappa shape index (κ1) is 18.6. The van der Waals surface area contributed by atoms with Crippen molar-refractivity contribution in [3.8, 4) is 0 Å². The number of thiophene rings is 1. The van der Waals surface area contributed by atoms with Crippen LogP contribution in [0.4, 0.5) is 0 Å². The van der Waals surface area contributed by atoms with Crippen LogP contribution in [0, 0.1) is 0 Å². The summed E-state index contributed by atoms with van der Waals surface area (Å²) < 4.78 is 27.4. The Hall–Kier alpha value is -0.470. The van der Waals surface area contributed by atoms with Gasteiger partial charge in [-0.1, -0.05) is 0 Å². The second-order valence-electron chi connectivity index (χ2n) is 5.40. The van der Waals surface area contributed by atoms with E-state index < -0.39 is 10.0 Å². The van der Waals surface area contributed by atoms with Crippen LogP contribution >= 0.6 is 11.3 Å². The Kier molecular flexibility index (Phi) is 7.83. The van der Waals surface area contributed by atoms with E-state index >= 15 is 0 Å². The lowest BCUT2D eigenvalue weighted by Crippen LogP contribution is -2.31. The molecule has 1 rings (SSSR count). The molecule has 2 N–H and O–H groups in total. The first-order valence-corrected chi connectivity index (χ1v) is 9.60. The first-order valence-electron chi connectivity index (χ1n) is 7.30. The molecule has 0 spiro atoms. The number of nitrogens with zero attached hydrogens (tertiary/aromatic N) is 1. The van der Waals surface area contributed by atoms with Crippen molar-refractivity contribution in [1.82, 2.24) is 14.9 Å². The molecule has 0 aliphatic heterocycles. The van der Waals surface area contributed by atoms with Gasteiger partial charge < -0.3 is 10.2 Å². The molecule has 0 aromatic carbocycles. The highest BCUT2D eigenvalue weighted by Crippen LogP contribution is 2.21. The lowest BCUT2D eigenvalue weighted by atomic mass is 10.3. The summed E-state index contributed by atoms with van der Waals surface area (Å²) in [5.74, 6) is 0. The molecule has 0 saturated carbocycles. The zero-order valence-corrected chi connectivity index (χ0v) is 15.0. The second-order valence-corrected chi connectivity index (χ2v) is 8.56. The molecule has 0 bridgehead atoms. The van der Waals surface area contributed by atoms with Crippen LogP contribution < -0.4 is 10.0 Å². The zero-order chi connectivity index (χ0) is 15.9. The highest BCUT2D eigenvalue weighted by atomic mass is 32.2. The van der Waals surface area contributed by atoms with E-state index in [9.17, 15) is 8.42 Å². The lowest BCUT2D eigenvalue weighted by molar-refractivity contribution is 0.271. The van der Waals surface area contributed by atoms with Crippen LogP contribution in [-0.2, 0) is 16.4 Å². The van der Waals surface area contributed by atoms with E-state index in [2.05, 4.69) is 28.8 Å². The Balaban J connectivity index is 2.44. The summed E-state index contributed by atoms with van der Waals surface area (Å²) in [7, 11) is 0.585. The average Bonchev–Trinajstić information content (AvgIpc) is 2.90. The standard InChI is InChI=1S/C14H27N3O2S2/c1-12(2)17(4)11-5-9-16-21(18,19)14-7-6-13(20-14)8-10-15-3/h6-7,12,15-16H,5,8-11H2,1-4H3. The van der Waals surface area contributed by atoms with Crippen molar-refractivity contribution in [2.75, 3.05) is 33.7 Å². The zero-order valence-electron chi connectivity index (χ0n) is 13.3. The number of hydrogen-bond donors (Lipinski definition) is 2. The minimum Gasteiger partial charge on any atom is -0.319 e.